The van der Waals surface area contributed by atoms with E-state index in [-0.39, 0.29) is 17.2 Å². The molecular weight excluding hydrogens is 400 g/mol. The largest absolute Gasteiger partial charge is 0.507 e. The van der Waals surface area contributed by atoms with Crippen molar-refractivity contribution in [3.8, 4) is 17.2 Å². The van der Waals surface area contributed by atoms with Gasteiger partial charge in [-0.2, -0.15) is 0 Å². The Morgan fingerprint density at radius 2 is 1.48 bits per heavy atom. The summed E-state index contributed by atoms with van der Waals surface area (Å²) >= 11 is 0. The number of carbonyl (C=O) groups is 2. The van der Waals surface area contributed by atoms with Crippen LogP contribution in [0, 0.1) is 5.41 Å². The van der Waals surface area contributed by atoms with Gasteiger partial charge >= 0.3 is 5.97 Å². The summed E-state index contributed by atoms with van der Waals surface area (Å²) in [5, 5.41) is 40.0. The highest BCUT2D eigenvalue weighted by Crippen LogP contribution is 2.40. The predicted octanol–water partition coefficient (Wildman–Crippen LogP) is 5.07. The summed E-state index contributed by atoms with van der Waals surface area (Å²) < 4.78 is 5.02. The van der Waals surface area contributed by atoms with Crippen molar-refractivity contribution in [2.24, 2.45) is 5.41 Å². The first-order valence-electron chi connectivity index (χ1n) is 11.0. The lowest BCUT2D eigenvalue weighted by Gasteiger charge is -2.22. The number of carboxylic acids is 1. The fourth-order valence-corrected chi connectivity index (χ4v) is 3.57. The van der Waals surface area contributed by atoms with E-state index in [2.05, 4.69) is 0 Å². The van der Waals surface area contributed by atoms with Gasteiger partial charge in [-0.25, -0.2) is 0 Å². The van der Waals surface area contributed by atoms with Crippen LogP contribution in [0.1, 0.15) is 90.2 Å². The first-order chi connectivity index (χ1) is 14.4. The van der Waals surface area contributed by atoms with Crippen molar-refractivity contribution in [2.75, 3.05) is 0 Å². The number of ether oxygens (including phenoxy) is 1. The third-order valence-electron chi connectivity index (χ3n) is 5.83. The van der Waals surface area contributed by atoms with Gasteiger partial charge in [0.25, 0.3) is 6.47 Å². The van der Waals surface area contributed by atoms with Gasteiger partial charge in [-0.1, -0.05) is 19.3 Å². The number of carboxylic acid groups (broad SMARTS) is 1. The quantitative estimate of drug-likeness (QED) is 0.130. The van der Waals surface area contributed by atoms with Crippen LogP contribution in [-0.2, 0) is 27.2 Å². The summed E-state index contributed by atoms with van der Waals surface area (Å²) in [6, 6.07) is 1.41. The number of aryl methyl sites for hydroxylation is 1. The van der Waals surface area contributed by atoms with Gasteiger partial charge in [-0.3, -0.25) is 9.59 Å². The van der Waals surface area contributed by atoms with Crippen molar-refractivity contribution >= 4 is 12.4 Å². The van der Waals surface area contributed by atoms with Gasteiger partial charge in [0.2, 0.25) is 0 Å². The Labute approximate surface area is 185 Å². The smallest absolute Gasteiger partial charge is 0.309 e. The van der Waals surface area contributed by atoms with E-state index >= 15 is 0 Å². The molecule has 0 spiro atoms. The molecule has 31 heavy (non-hydrogen) atoms. The molecule has 176 valence electrons. The van der Waals surface area contributed by atoms with Crippen LogP contribution in [0.25, 0.3) is 0 Å². The fourth-order valence-electron chi connectivity index (χ4n) is 3.57. The maximum absolute atomic E-state index is 11.1. The number of phenolic OH excluding ortho intramolecular Hbond substituents is 3. The molecule has 0 aliphatic heterocycles. The third-order valence-corrected chi connectivity index (χ3v) is 5.83. The Bertz CT molecular complexity index is 738. The molecule has 0 aromatic heterocycles. The summed E-state index contributed by atoms with van der Waals surface area (Å²) in [5.41, 5.74) is -0.340. The number of hydrogen-bond acceptors (Lipinski definition) is 6. The normalized spacial score (nSPS) is 12.0. The Hall–Kier alpha value is -2.44. The standard InChI is InChI=1S/C24H38O7/c1-23(2,22(29)30)13-9-6-5-7-11-17-15-19(26)21(28)18(20(17)27)12-8-10-14-24(3,4)31-16-25/h15-16,26-28H,5-14H2,1-4H3,(H,29,30). The molecule has 7 nitrogen and oxygen atoms in total. The van der Waals surface area contributed by atoms with E-state index < -0.39 is 17.0 Å². The van der Waals surface area contributed by atoms with E-state index in [0.717, 1.165) is 32.1 Å². The SMILES string of the molecule is CC(C)(CCCCc1c(O)c(O)cc(CCCCCCC(C)(C)C(=O)O)c1O)OC=O. The molecule has 0 saturated heterocycles. The zero-order valence-corrected chi connectivity index (χ0v) is 19.2. The van der Waals surface area contributed by atoms with Gasteiger partial charge in [-0.05, 0) is 84.3 Å². The second-order valence-electron chi connectivity index (χ2n) is 9.51. The van der Waals surface area contributed by atoms with Gasteiger partial charge in [-0.15, -0.1) is 0 Å². The van der Waals surface area contributed by atoms with E-state index in [0.29, 0.717) is 49.7 Å². The number of unbranched alkanes of at least 4 members (excludes halogenated alkanes) is 4. The summed E-state index contributed by atoms with van der Waals surface area (Å²) in [6.45, 7) is 7.54. The van der Waals surface area contributed by atoms with Crippen LogP contribution in [0.15, 0.2) is 6.07 Å². The fraction of sp³-hybridized carbons (Fsp3) is 0.667. The summed E-state index contributed by atoms with van der Waals surface area (Å²) in [4.78, 5) is 21.6. The van der Waals surface area contributed by atoms with Crippen molar-refractivity contribution in [1.29, 1.82) is 0 Å². The molecule has 4 N–H and O–H groups in total. The Morgan fingerprint density at radius 3 is 2.10 bits per heavy atom. The molecule has 1 rings (SSSR count). The minimum atomic E-state index is -0.788. The van der Waals surface area contributed by atoms with Crippen molar-refractivity contribution in [3.05, 3.63) is 17.2 Å². The maximum atomic E-state index is 11.1. The lowest BCUT2D eigenvalue weighted by atomic mass is 9.87. The lowest BCUT2D eigenvalue weighted by molar-refractivity contribution is -0.147. The molecule has 0 radical (unpaired) electrons. The van der Waals surface area contributed by atoms with Crippen LogP contribution in [-0.4, -0.2) is 38.5 Å². The molecule has 0 unspecified atom stereocenters. The summed E-state index contributed by atoms with van der Waals surface area (Å²) in [6.07, 6.45) is 7.03. The first kappa shape index (κ1) is 26.6. The predicted molar refractivity (Wildman–Crippen MR) is 118 cm³/mol. The second kappa shape index (κ2) is 11.8. The molecule has 0 aliphatic carbocycles. The minimum absolute atomic E-state index is 0.0192. The van der Waals surface area contributed by atoms with Crippen LogP contribution in [0.5, 0.6) is 17.2 Å². The van der Waals surface area contributed by atoms with Crippen LogP contribution in [0.4, 0.5) is 0 Å². The van der Waals surface area contributed by atoms with E-state index in [1.54, 1.807) is 13.8 Å². The minimum Gasteiger partial charge on any atom is -0.507 e. The van der Waals surface area contributed by atoms with Gasteiger partial charge in [0, 0.05) is 5.56 Å². The average molecular weight is 439 g/mol. The maximum Gasteiger partial charge on any atom is 0.309 e. The van der Waals surface area contributed by atoms with Crippen LogP contribution in [0.2, 0.25) is 0 Å². The third kappa shape index (κ3) is 8.67. The zero-order valence-electron chi connectivity index (χ0n) is 19.2. The van der Waals surface area contributed by atoms with E-state index in [1.165, 1.54) is 6.07 Å². The second-order valence-corrected chi connectivity index (χ2v) is 9.51. The molecule has 0 amide bonds. The monoisotopic (exact) mass is 438 g/mol. The Morgan fingerprint density at radius 1 is 0.903 bits per heavy atom. The molecule has 0 aliphatic rings. The van der Waals surface area contributed by atoms with Gasteiger partial charge < -0.3 is 25.2 Å². The van der Waals surface area contributed by atoms with Gasteiger partial charge in [0.15, 0.2) is 11.5 Å². The number of rotatable bonds is 15. The van der Waals surface area contributed by atoms with E-state index in [1.807, 2.05) is 13.8 Å². The highest BCUT2D eigenvalue weighted by molar-refractivity contribution is 5.73. The molecule has 0 bridgehead atoms. The van der Waals surface area contributed by atoms with Crippen LogP contribution in [0.3, 0.4) is 0 Å². The Kier molecular flexibility index (Phi) is 10.1. The number of carbonyl (C=O) groups excluding carboxylic acids is 1. The number of hydrogen-bond donors (Lipinski definition) is 4. The van der Waals surface area contributed by atoms with Crippen molar-refractivity contribution in [3.63, 3.8) is 0 Å². The zero-order chi connectivity index (χ0) is 23.7. The molecule has 1 aromatic rings. The average Bonchev–Trinajstić information content (AvgIpc) is 2.67. The van der Waals surface area contributed by atoms with Crippen molar-refractivity contribution in [2.45, 2.75) is 97.5 Å². The molecule has 7 heteroatoms. The molecule has 1 aromatic carbocycles. The number of aliphatic carboxylic acids is 1. The first-order valence-corrected chi connectivity index (χ1v) is 11.0. The summed E-state index contributed by atoms with van der Waals surface area (Å²) in [5.74, 6) is -1.30. The lowest BCUT2D eigenvalue weighted by Crippen LogP contribution is -2.23. The molecule has 0 atom stereocenters. The highest BCUT2D eigenvalue weighted by Gasteiger charge is 2.26. The Balaban J connectivity index is 2.57. The van der Waals surface area contributed by atoms with E-state index in [4.69, 9.17) is 9.84 Å². The molecule has 0 saturated carbocycles. The molecular formula is C24H38O7. The summed E-state index contributed by atoms with van der Waals surface area (Å²) in [7, 11) is 0. The molecule has 0 heterocycles. The van der Waals surface area contributed by atoms with Crippen LogP contribution >= 0.6 is 0 Å². The van der Waals surface area contributed by atoms with Gasteiger partial charge in [0.1, 0.15) is 11.4 Å². The van der Waals surface area contributed by atoms with E-state index in [9.17, 15) is 24.9 Å². The number of benzene rings is 1. The number of aromatic hydroxyl groups is 3. The van der Waals surface area contributed by atoms with Crippen molar-refractivity contribution < 1.29 is 34.8 Å². The topological polar surface area (TPSA) is 124 Å². The van der Waals surface area contributed by atoms with Crippen LogP contribution < -0.4 is 0 Å². The van der Waals surface area contributed by atoms with Crippen molar-refractivity contribution in [1.82, 2.24) is 0 Å². The van der Waals surface area contributed by atoms with Gasteiger partial charge in [0.05, 0.1) is 5.41 Å². The highest BCUT2D eigenvalue weighted by atomic mass is 16.5. The number of phenols is 3. The molecule has 0 fully saturated rings.